The van der Waals surface area contributed by atoms with Crippen molar-refractivity contribution < 1.29 is 9.18 Å². The number of aromatic nitrogens is 1. The largest absolute Gasteiger partial charge is 0.318 e. The first kappa shape index (κ1) is 22.7. The molecule has 0 N–H and O–H groups in total. The van der Waals surface area contributed by atoms with Gasteiger partial charge in [0, 0.05) is 23.1 Å². The molecule has 5 rings (SSSR count). The molecule has 2 fully saturated rings. The molecule has 0 atom stereocenters. The first-order valence-corrected chi connectivity index (χ1v) is 12.7. The second kappa shape index (κ2) is 9.63. The third-order valence-corrected chi connectivity index (χ3v) is 7.60. The summed E-state index contributed by atoms with van der Waals surface area (Å²) in [5.74, 6) is -0.410. The zero-order valence-electron chi connectivity index (χ0n) is 19.5. The molecule has 1 saturated carbocycles. The van der Waals surface area contributed by atoms with Crippen molar-refractivity contribution >= 4 is 34.6 Å². The summed E-state index contributed by atoms with van der Waals surface area (Å²) in [5.41, 5.74) is 4.55. The monoisotopic (exact) mass is 473 g/mol. The van der Waals surface area contributed by atoms with Gasteiger partial charge in [0.05, 0.1) is 4.91 Å². The van der Waals surface area contributed by atoms with Crippen LogP contribution in [0, 0.1) is 19.7 Å². The van der Waals surface area contributed by atoms with Crippen LogP contribution in [0.3, 0.4) is 0 Å². The average molecular weight is 474 g/mol. The summed E-state index contributed by atoms with van der Waals surface area (Å²) >= 11 is 1.35. The quantitative estimate of drug-likeness (QED) is 0.377. The molecule has 1 saturated heterocycles. The van der Waals surface area contributed by atoms with Crippen LogP contribution < -0.4 is 0 Å². The molecular weight excluding hydrogens is 445 g/mol. The normalized spacial score (nSPS) is 19.5. The molecule has 0 unspecified atom stereocenters. The SMILES string of the molecule is Cc1cc(/C=C2\SC(=Nc3ccccc3F)N(C3CCCCC3)C2=O)c(C)n1-c1ccccc1. The number of carbonyl (C=O) groups excluding carboxylic acids is 1. The number of para-hydroxylation sites is 2. The van der Waals surface area contributed by atoms with E-state index in [4.69, 9.17) is 0 Å². The molecule has 174 valence electrons. The number of amides is 1. The highest BCUT2D eigenvalue weighted by molar-refractivity contribution is 8.18. The van der Waals surface area contributed by atoms with Gasteiger partial charge in [0.2, 0.25) is 0 Å². The third kappa shape index (κ3) is 4.34. The van der Waals surface area contributed by atoms with E-state index in [0.29, 0.717) is 10.1 Å². The maximum absolute atomic E-state index is 14.4. The highest BCUT2D eigenvalue weighted by Gasteiger charge is 2.39. The highest BCUT2D eigenvalue weighted by Crippen LogP contribution is 2.39. The van der Waals surface area contributed by atoms with E-state index in [9.17, 15) is 9.18 Å². The predicted octanol–water partition coefficient (Wildman–Crippen LogP) is 7.17. The first-order valence-electron chi connectivity index (χ1n) is 11.8. The molecule has 1 aliphatic heterocycles. The molecule has 1 aliphatic carbocycles. The van der Waals surface area contributed by atoms with Crippen LogP contribution in [0.1, 0.15) is 49.1 Å². The molecule has 3 aromatic rings. The predicted molar refractivity (Wildman–Crippen MR) is 138 cm³/mol. The van der Waals surface area contributed by atoms with E-state index in [1.807, 2.05) is 29.2 Å². The lowest BCUT2D eigenvalue weighted by atomic mass is 9.94. The Morgan fingerprint density at radius 2 is 1.71 bits per heavy atom. The molecule has 2 aliphatic rings. The third-order valence-electron chi connectivity index (χ3n) is 6.62. The van der Waals surface area contributed by atoms with Gasteiger partial charge in [-0.05, 0) is 80.4 Å². The minimum atomic E-state index is -0.379. The average Bonchev–Trinajstić information content (AvgIpc) is 3.31. The Balaban J connectivity index is 1.54. The molecule has 2 heterocycles. The Labute approximate surface area is 204 Å². The molecule has 0 radical (unpaired) electrons. The maximum Gasteiger partial charge on any atom is 0.267 e. The van der Waals surface area contributed by atoms with Crippen molar-refractivity contribution in [2.24, 2.45) is 4.99 Å². The van der Waals surface area contributed by atoms with Gasteiger partial charge >= 0.3 is 0 Å². The lowest BCUT2D eigenvalue weighted by Gasteiger charge is -2.30. The van der Waals surface area contributed by atoms with Gasteiger partial charge in [-0.1, -0.05) is 49.6 Å². The van der Waals surface area contributed by atoms with E-state index < -0.39 is 0 Å². The second-order valence-corrected chi connectivity index (χ2v) is 9.93. The van der Waals surface area contributed by atoms with E-state index in [1.165, 1.54) is 24.2 Å². The van der Waals surface area contributed by atoms with E-state index >= 15 is 0 Å². The van der Waals surface area contributed by atoms with Crippen molar-refractivity contribution in [3.05, 3.63) is 88.3 Å². The van der Waals surface area contributed by atoms with Crippen molar-refractivity contribution in [2.75, 3.05) is 0 Å². The summed E-state index contributed by atoms with van der Waals surface area (Å²) < 4.78 is 16.6. The van der Waals surface area contributed by atoms with E-state index in [2.05, 4.69) is 41.6 Å². The minimum absolute atomic E-state index is 0.0310. The fraction of sp³-hybridized carbons (Fsp3) is 0.286. The van der Waals surface area contributed by atoms with Crippen molar-refractivity contribution in [1.29, 1.82) is 0 Å². The maximum atomic E-state index is 14.4. The molecule has 2 aromatic carbocycles. The number of halogens is 1. The second-order valence-electron chi connectivity index (χ2n) is 8.92. The summed E-state index contributed by atoms with van der Waals surface area (Å²) in [6, 6.07) is 18.9. The van der Waals surface area contributed by atoms with Gasteiger partial charge in [-0.2, -0.15) is 0 Å². The summed E-state index contributed by atoms with van der Waals surface area (Å²) in [6.07, 6.45) is 7.28. The molecular formula is C28H28FN3OS. The number of benzene rings is 2. The number of rotatable bonds is 4. The zero-order chi connectivity index (χ0) is 23.7. The van der Waals surface area contributed by atoms with Gasteiger partial charge < -0.3 is 4.57 Å². The van der Waals surface area contributed by atoms with Crippen LogP contribution in [0.5, 0.6) is 0 Å². The van der Waals surface area contributed by atoms with Crippen LogP contribution >= 0.6 is 11.8 Å². The number of carbonyl (C=O) groups is 1. The van der Waals surface area contributed by atoms with Crippen LogP contribution in [0.2, 0.25) is 0 Å². The number of aliphatic imine (C=N–C) groups is 1. The minimum Gasteiger partial charge on any atom is -0.318 e. The van der Waals surface area contributed by atoms with Crippen LogP contribution in [0.4, 0.5) is 10.1 Å². The fourth-order valence-corrected chi connectivity index (χ4v) is 5.96. The Bertz CT molecular complexity index is 1270. The molecule has 0 spiro atoms. The van der Waals surface area contributed by atoms with Crippen molar-refractivity contribution in [2.45, 2.75) is 52.0 Å². The Morgan fingerprint density at radius 3 is 2.44 bits per heavy atom. The van der Waals surface area contributed by atoms with Crippen LogP contribution in [0.25, 0.3) is 11.8 Å². The van der Waals surface area contributed by atoms with Gasteiger partial charge in [0.1, 0.15) is 11.5 Å². The van der Waals surface area contributed by atoms with Gasteiger partial charge in [-0.3, -0.25) is 9.69 Å². The van der Waals surface area contributed by atoms with Gasteiger partial charge in [-0.25, -0.2) is 9.38 Å². The summed E-state index contributed by atoms with van der Waals surface area (Å²) in [7, 11) is 0. The van der Waals surface area contributed by atoms with Crippen LogP contribution in [0.15, 0.2) is 70.6 Å². The number of aryl methyl sites for hydroxylation is 1. The number of nitrogens with zero attached hydrogens (tertiary/aromatic N) is 3. The molecule has 0 bridgehead atoms. The summed E-state index contributed by atoms with van der Waals surface area (Å²) in [5, 5.41) is 0.574. The number of hydrogen-bond donors (Lipinski definition) is 0. The van der Waals surface area contributed by atoms with Gasteiger partial charge in [0.25, 0.3) is 5.91 Å². The molecule has 6 heteroatoms. The fourth-order valence-electron chi connectivity index (χ4n) is 4.92. The standard InChI is InChI=1S/C28H28FN3OS/c1-19-17-21(20(2)31(19)22-11-5-3-6-12-22)18-26-27(33)32(23-13-7-4-8-14-23)28(34-26)30-25-16-10-9-15-24(25)29/h3,5-6,9-12,15-18,23H,4,7-8,13-14H2,1-2H3/b26-18-,30-28?. The topological polar surface area (TPSA) is 37.6 Å². The van der Waals surface area contributed by atoms with Crippen molar-refractivity contribution in [3.63, 3.8) is 0 Å². The lowest BCUT2D eigenvalue weighted by molar-refractivity contribution is -0.124. The van der Waals surface area contributed by atoms with E-state index in [0.717, 1.165) is 48.3 Å². The van der Waals surface area contributed by atoms with E-state index in [-0.39, 0.29) is 23.5 Å². The van der Waals surface area contributed by atoms with Crippen LogP contribution in [-0.2, 0) is 4.79 Å². The Kier molecular flexibility index (Phi) is 6.42. The number of thioether (sulfide) groups is 1. The Morgan fingerprint density at radius 1 is 1.00 bits per heavy atom. The Hall–Kier alpha value is -3.12. The van der Waals surface area contributed by atoms with E-state index in [1.54, 1.807) is 18.2 Å². The smallest absolute Gasteiger partial charge is 0.267 e. The first-order chi connectivity index (χ1) is 16.5. The molecule has 34 heavy (non-hydrogen) atoms. The lowest BCUT2D eigenvalue weighted by Crippen LogP contribution is -2.40. The van der Waals surface area contributed by atoms with Gasteiger partial charge in [0.15, 0.2) is 5.17 Å². The van der Waals surface area contributed by atoms with Crippen LogP contribution in [-0.4, -0.2) is 26.6 Å². The number of amidine groups is 1. The highest BCUT2D eigenvalue weighted by atomic mass is 32.2. The molecule has 1 aromatic heterocycles. The summed E-state index contributed by atoms with van der Waals surface area (Å²) in [4.78, 5) is 20.7. The molecule has 1 amide bonds. The van der Waals surface area contributed by atoms with Gasteiger partial charge in [-0.15, -0.1) is 0 Å². The van der Waals surface area contributed by atoms with Crippen molar-refractivity contribution in [3.8, 4) is 5.69 Å². The summed E-state index contributed by atoms with van der Waals surface area (Å²) in [6.45, 7) is 4.15. The van der Waals surface area contributed by atoms with Crippen molar-refractivity contribution in [1.82, 2.24) is 9.47 Å². The zero-order valence-corrected chi connectivity index (χ0v) is 20.3. The number of hydrogen-bond acceptors (Lipinski definition) is 3. The molecule has 4 nitrogen and oxygen atoms in total.